The van der Waals surface area contributed by atoms with Gasteiger partial charge in [0.15, 0.2) is 0 Å². The average molecular weight is 402 g/mol. The quantitative estimate of drug-likeness (QED) is 0.378. The van der Waals surface area contributed by atoms with Gasteiger partial charge in [-0.15, -0.1) is 0 Å². The van der Waals surface area contributed by atoms with Crippen LogP contribution in [0.4, 0.5) is 22.0 Å². The van der Waals surface area contributed by atoms with Gasteiger partial charge in [-0.3, -0.25) is 0 Å². The fourth-order valence-corrected chi connectivity index (χ4v) is 3.48. The predicted octanol–water partition coefficient (Wildman–Crippen LogP) is 6.91. The molecule has 29 heavy (non-hydrogen) atoms. The van der Waals surface area contributed by atoms with Gasteiger partial charge in [-0.2, -0.15) is 13.2 Å². The molecule has 5 heteroatoms. The van der Waals surface area contributed by atoms with Crippen molar-refractivity contribution in [3.8, 4) is 23.7 Å². The largest absolute Gasteiger partial charge is 0.458 e. The van der Waals surface area contributed by atoms with Gasteiger partial charge in [-0.25, -0.2) is 8.78 Å². The molecular weight excluding hydrogens is 383 g/mol. The van der Waals surface area contributed by atoms with Crippen LogP contribution in [0.2, 0.25) is 0 Å². The van der Waals surface area contributed by atoms with Crippen LogP contribution < -0.4 is 0 Å². The minimum atomic E-state index is -4.82. The fourth-order valence-electron chi connectivity index (χ4n) is 3.48. The lowest BCUT2D eigenvalue weighted by atomic mass is 9.87. The summed E-state index contributed by atoms with van der Waals surface area (Å²) in [6.45, 7) is 2.18. The Labute approximate surface area is 166 Å². The number of hydrogen-bond donors (Lipinski definition) is 0. The summed E-state index contributed by atoms with van der Waals surface area (Å²) in [7, 11) is 0. The Bertz CT molecular complexity index is 1070. The van der Waals surface area contributed by atoms with E-state index in [-0.39, 0.29) is 10.8 Å². The first-order valence-electron chi connectivity index (χ1n) is 9.49. The molecule has 0 saturated carbocycles. The van der Waals surface area contributed by atoms with Crippen LogP contribution in [-0.2, 0) is 0 Å². The fraction of sp³-hybridized carbons (Fsp3) is 0.333. The van der Waals surface area contributed by atoms with E-state index in [1.54, 1.807) is 12.0 Å². The van der Waals surface area contributed by atoms with Gasteiger partial charge in [0.2, 0.25) is 0 Å². The Morgan fingerprint density at radius 2 is 1.86 bits per heavy atom. The summed E-state index contributed by atoms with van der Waals surface area (Å²) in [5.74, 6) is 7.06. The number of alkyl halides is 3. The summed E-state index contributed by atoms with van der Waals surface area (Å²) in [6.07, 6.45) is 2.79. The highest BCUT2D eigenvalue weighted by atomic mass is 19.4. The van der Waals surface area contributed by atoms with Crippen molar-refractivity contribution in [2.24, 2.45) is 5.92 Å². The van der Waals surface area contributed by atoms with Crippen molar-refractivity contribution in [1.82, 2.24) is 0 Å². The zero-order chi connectivity index (χ0) is 21.0. The van der Waals surface area contributed by atoms with E-state index in [9.17, 15) is 22.0 Å². The lowest BCUT2D eigenvalue weighted by molar-refractivity contribution is -0.0696. The van der Waals surface area contributed by atoms with E-state index in [0.29, 0.717) is 11.5 Å². The molecule has 1 atom stereocenters. The molecule has 0 aromatic heterocycles. The summed E-state index contributed by atoms with van der Waals surface area (Å²) in [5, 5.41) is 0.229. The standard InChI is InChI=1S/C24H19F5/c1-2-3-16-4-6-17(7-5-16)8-9-18-10-11-20-19(14-18)15-22(25)21(23(20)26)12-13-24(27,28)29/h6,10-11,14-16H,2-5,7H2,1H3. The van der Waals surface area contributed by atoms with E-state index in [1.807, 2.05) is 0 Å². The van der Waals surface area contributed by atoms with E-state index < -0.39 is 23.4 Å². The lowest BCUT2D eigenvalue weighted by Crippen LogP contribution is -2.04. The lowest BCUT2D eigenvalue weighted by Gasteiger charge is -2.18. The number of fused-ring (bicyclic) bond motifs is 1. The minimum absolute atomic E-state index is 0.00251. The van der Waals surface area contributed by atoms with Gasteiger partial charge in [0.05, 0.1) is 5.56 Å². The molecule has 0 N–H and O–H groups in total. The number of rotatable bonds is 2. The topological polar surface area (TPSA) is 0 Å². The molecule has 0 saturated heterocycles. The van der Waals surface area contributed by atoms with E-state index in [0.717, 1.165) is 36.8 Å². The molecule has 2 aromatic rings. The van der Waals surface area contributed by atoms with Crippen molar-refractivity contribution in [2.45, 2.75) is 45.2 Å². The molecule has 1 aliphatic rings. The van der Waals surface area contributed by atoms with E-state index in [4.69, 9.17) is 0 Å². The minimum Gasteiger partial charge on any atom is -0.205 e. The molecule has 0 spiro atoms. The Morgan fingerprint density at radius 1 is 1.07 bits per heavy atom. The monoisotopic (exact) mass is 402 g/mol. The second-order valence-corrected chi connectivity index (χ2v) is 7.14. The molecule has 1 aliphatic carbocycles. The predicted molar refractivity (Wildman–Crippen MR) is 104 cm³/mol. The van der Waals surface area contributed by atoms with Crippen molar-refractivity contribution >= 4 is 10.8 Å². The first-order valence-corrected chi connectivity index (χ1v) is 9.49. The van der Waals surface area contributed by atoms with Gasteiger partial charge in [-0.1, -0.05) is 49.7 Å². The highest BCUT2D eigenvalue weighted by Gasteiger charge is 2.24. The third-order valence-electron chi connectivity index (χ3n) is 4.94. The molecule has 0 aliphatic heterocycles. The maximum absolute atomic E-state index is 14.5. The summed E-state index contributed by atoms with van der Waals surface area (Å²) >= 11 is 0. The molecule has 0 heterocycles. The van der Waals surface area contributed by atoms with Crippen LogP contribution in [0.3, 0.4) is 0 Å². The number of halogens is 5. The zero-order valence-electron chi connectivity index (χ0n) is 15.9. The van der Waals surface area contributed by atoms with E-state index >= 15 is 0 Å². The molecule has 0 amide bonds. The van der Waals surface area contributed by atoms with Gasteiger partial charge in [-0.05, 0) is 54.3 Å². The second-order valence-electron chi connectivity index (χ2n) is 7.14. The van der Waals surface area contributed by atoms with Crippen molar-refractivity contribution in [3.05, 3.63) is 58.7 Å². The average Bonchev–Trinajstić information content (AvgIpc) is 2.66. The maximum Gasteiger partial charge on any atom is 0.458 e. The smallest absolute Gasteiger partial charge is 0.205 e. The zero-order valence-corrected chi connectivity index (χ0v) is 15.9. The van der Waals surface area contributed by atoms with Crippen LogP contribution >= 0.6 is 0 Å². The van der Waals surface area contributed by atoms with Crippen LogP contribution in [0.5, 0.6) is 0 Å². The Morgan fingerprint density at radius 3 is 2.52 bits per heavy atom. The molecule has 0 nitrogen and oxygen atoms in total. The Kier molecular flexibility index (Phi) is 6.28. The van der Waals surface area contributed by atoms with Crippen molar-refractivity contribution in [1.29, 1.82) is 0 Å². The molecule has 0 fully saturated rings. The van der Waals surface area contributed by atoms with Crippen molar-refractivity contribution in [2.75, 3.05) is 0 Å². The van der Waals surface area contributed by atoms with Crippen LogP contribution in [0, 0.1) is 41.2 Å². The highest BCUT2D eigenvalue weighted by molar-refractivity contribution is 5.86. The van der Waals surface area contributed by atoms with Gasteiger partial charge >= 0.3 is 6.18 Å². The maximum atomic E-state index is 14.5. The second kappa shape index (κ2) is 8.70. The van der Waals surface area contributed by atoms with Crippen LogP contribution in [-0.4, -0.2) is 6.18 Å². The first kappa shape index (κ1) is 20.9. The summed E-state index contributed by atoms with van der Waals surface area (Å²) in [6, 6.07) is 5.47. The Hall–Kier alpha value is -2.79. The van der Waals surface area contributed by atoms with Gasteiger partial charge < -0.3 is 0 Å². The SMILES string of the molecule is CCCC1CC=C(C#Cc2ccc3c(F)c(C#CC(F)(F)F)c(F)cc3c2)CC1. The molecule has 1 unspecified atom stereocenters. The summed E-state index contributed by atoms with van der Waals surface area (Å²) in [5.41, 5.74) is 0.761. The third-order valence-corrected chi connectivity index (χ3v) is 4.94. The molecular formula is C24H19F5. The molecule has 2 aromatic carbocycles. The van der Waals surface area contributed by atoms with Crippen molar-refractivity contribution in [3.63, 3.8) is 0 Å². The highest BCUT2D eigenvalue weighted by Crippen LogP contribution is 2.27. The molecule has 0 bridgehead atoms. The number of benzene rings is 2. The summed E-state index contributed by atoms with van der Waals surface area (Å²) in [4.78, 5) is 0. The van der Waals surface area contributed by atoms with E-state index in [1.165, 1.54) is 25.0 Å². The van der Waals surface area contributed by atoms with Gasteiger partial charge in [0.1, 0.15) is 11.6 Å². The van der Waals surface area contributed by atoms with Gasteiger partial charge in [0, 0.05) is 16.9 Å². The number of allylic oxidation sites excluding steroid dienone is 2. The van der Waals surface area contributed by atoms with E-state index in [2.05, 4.69) is 24.8 Å². The Balaban J connectivity index is 1.88. The molecule has 3 rings (SSSR count). The number of hydrogen-bond acceptors (Lipinski definition) is 0. The van der Waals surface area contributed by atoms with Crippen molar-refractivity contribution < 1.29 is 22.0 Å². The van der Waals surface area contributed by atoms with Gasteiger partial charge in [0.25, 0.3) is 0 Å². The molecule has 150 valence electrons. The van der Waals surface area contributed by atoms with Crippen LogP contribution in [0.25, 0.3) is 10.8 Å². The van der Waals surface area contributed by atoms with Crippen LogP contribution in [0.15, 0.2) is 35.9 Å². The van der Waals surface area contributed by atoms with Crippen LogP contribution in [0.1, 0.15) is 50.2 Å². The molecule has 0 radical (unpaired) electrons. The normalized spacial score (nSPS) is 16.5. The first-order chi connectivity index (χ1) is 13.8. The third kappa shape index (κ3) is 5.39. The summed E-state index contributed by atoms with van der Waals surface area (Å²) < 4.78 is 65.3.